The molecule has 6 atom stereocenters. The minimum absolute atomic E-state index is 0.0354. The van der Waals surface area contributed by atoms with E-state index in [4.69, 9.17) is 21.1 Å². The molecule has 0 spiro atoms. The summed E-state index contributed by atoms with van der Waals surface area (Å²) >= 11 is 7.63. The highest BCUT2D eigenvalue weighted by Crippen LogP contribution is 2.46. The third-order valence-corrected chi connectivity index (χ3v) is 25.3. The number of hydrogen-bond acceptors (Lipinski definition) is 17. The number of sulfone groups is 1. The molecule has 562 valence electrons. The average molecular weight is 1510 g/mol. The minimum Gasteiger partial charge on any atom is -0.494 e. The maximum Gasteiger partial charge on any atom is 0.501 e. The van der Waals surface area contributed by atoms with Gasteiger partial charge < -0.3 is 45.4 Å². The Bertz CT molecular complexity index is 4180. The van der Waals surface area contributed by atoms with Crippen LogP contribution < -0.4 is 35.6 Å². The number of sulfonamides is 1. The summed E-state index contributed by atoms with van der Waals surface area (Å²) in [5, 5.41) is 12.7. The maximum atomic E-state index is 14.6. The monoisotopic (exact) mass is 1510 g/mol. The van der Waals surface area contributed by atoms with E-state index in [0.29, 0.717) is 94.8 Å². The molecule has 21 nitrogen and oxygen atoms in total. The number of alkyl halides is 3. The highest BCUT2D eigenvalue weighted by Gasteiger charge is 2.55. The molecule has 5 amide bonds. The lowest BCUT2D eigenvalue weighted by Gasteiger charge is -2.39. The number of likely N-dealkylation sites (N-methyl/N-ethyl adjacent to an activating group) is 1. The Morgan fingerprint density at radius 2 is 1.52 bits per heavy atom. The van der Waals surface area contributed by atoms with E-state index in [2.05, 4.69) is 61.9 Å². The molecule has 5 aromatic rings. The number of carbonyl (C=O) groups excluding carboxylic acids is 5. The van der Waals surface area contributed by atoms with E-state index in [9.17, 15) is 54.0 Å². The van der Waals surface area contributed by atoms with Crippen LogP contribution >= 0.6 is 23.4 Å². The first-order valence-corrected chi connectivity index (χ1v) is 40.3. The van der Waals surface area contributed by atoms with Gasteiger partial charge in [0.25, 0.3) is 25.8 Å². The second-order valence-electron chi connectivity index (χ2n) is 29.6. The largest absolute Gasteiger partial charge is 0.501 e. The Morgan fingerprint density at radius 3 is 2.22 bits per heavy atom. The minimum atomic E-state index is -6.17. The molecule has 5 N–H and O–H groups in total. The number of thioether (sulfide) groups is 1. The predicted octanol–water partition coefficient (Wildman–Crippen LogP) is 10.5. The Balaban J connectivity index is 0.661. The summed E-state index contributed by atoms with van der Waals surface area (Å²) in [6.45, 7) is 16.9. The first-order chi connectivity index (χ1) is 49.4. The number of carbonyl (C=O) groups is 5. The number of amides is 5. The summed E-state index contributed by atoms with van der Waals surface area (Å²) in [4.78, 5) is 77.2. The maximum absolute atomic E-state index is 14.6. The van der Waals surface area contributed by atoms with E-state index in [0.717, 1.165) is 85.6 Å². The SMILES string of the molecule is CN[C@@H](C)C(=O)N[C@H]1CCO[C@H]2CC(C)(C)[C@@H](C(=O)N[C@@H]3CCCc4cc(OCCCC(=O)N5CCN(CC[C@H](CSc6ccccc6)Nc6ccc(S(=O)(=O)NC(=O)c7ccc(N8CCN(CC9=C(c%10ccc(Cl)cc%10)CCC(C)(C)C9)CC8)cc7)cc6S(=O)(=O)C(F)(F)F)CC5)ccc43)N2C1=O. The molecule has 6 aliphatic rings. The third kappa shape index (κ3) is 18.9. The van der Waals surface area contributed by atoms with Gasteiger partial charge in [-0.25, -0.2) is 21.6 Å². The summed E-state index contributed by atoms with van der Waals surface area (Å²) in [7, 11) is -9.45. The molecule has 4 fully saturated rings. The van der Waals surface area contributed by atoms with Crippen molar-refractivity contribution in [3.8, 4) is 5.75 Å². The molecule has 0 aromatic heterocycles. The van der Waals surface area contributed by atoms with E-state index in [-0.39, 0.29) is 66.0 Å². The van der Waals surface area contributed by atoms with Crippen molar-refractivity contribution in [2.45, 2.75) is 162 Å². The second-order valence-corrected chi connectivity index (χ2v) is 34.7. The molecule has 4 heterocycles. The second kappa shape index (κ2) is 33.3. The Labute approximate surface area is 618 Å². The van der Waals surface area contributed by atoms with Gasteiger partial charge in [0.1, 0.15) is 29.0 Å². The van der Waals surface area contributed by atoms with Gasteiger partial charge in [-0.3, -0.25) is 33.8 Å². The number of benzene rings is 5. The molecule has 4 saturated heterocycles. The zero-order chi connectivity index (χ0) is 74.3. The van der Waals surface area contributed by atoms with Gasteiger partial charge in [0.2, 0.25) is 23.6 Å². The summed E-state index contributed by atoms with van der Waals surface area (Å²) < 4.78 is 113. The number of halogens is 4. The number of hydrogen-bond donors (Lipinski definition) is 5. The molecular formula is C76H96ClF3N10O11S3. The van der Waals surface area contributed by atoms with Crippen LogP contribution in [0, 0.1) is 10.8 Å². The summed E-state index contributed by atoms with van der Waals surface area (Å²) in [5.74, 6) is -1.12. The van der Waals surface area contributed by atoms with Gasteiger partial charge in [0.15, 0.2) is 0 Å². The number of anilines is 2. The third-order valence-electron chi connectivity index (χ3n) is 21.0. The highest BCUT2D eigenvalue weighted by atomic mass is 35.5. The van der Waals surface area contributed by atoms with Crippen LogP contribution in [0.3, 0.4) is 0 Å². The molecule has 4 aliphatic heterocycles. The number of nitrogens with one attached hydrogen (secondary N) is 5. The lowest BCUT2D eigenvalue weighted by molar-refractivity contribution is -0.150. The van der Waals surface area contributed by atoms with Crippen molar-refractivity contribution in [3.63, 3.8) is 0 Å². The Morgan fingerprint density at radius 1 is 0.808 bits per heavy atom. The number of fused-ring (bicyclic) bond motifs is 2. The van der Waals surface area contributed by atoms with Crippen LogP contribution in [-0.4, -0.2) is 193 Å². The van der Waals surface area contributed by atoms with Crippen molar-refractivity contribution in [2.24, 2.45) is 10.8 Å². The van der Waals surface area contributed by atoms with Crippen LogP contribution in [0.4, 0.5) is 24.5 Å². The number of ether oxygens (including phenoxy) is 2. The molecular weight excluding hydrogens is 1420 g/mol. The van der Waals surface area contributed by atoms with Gasteiger partial charge in [-0.15, -0.1) is 11.8 Å². The van der Waals surface area contributed by atoms with Crippen molar-refractivity contribution in [1.82, 2.24) is 40.3 Å². The highest BCUT2D eigenvalue weighted by molar-refractivity contribution is 7.99. The number of rotatable bonds is 26. The number of aryl methyl sites for hydroxylation is 1. The molecule has 11 rings (SSSR count). The Hall–Kier alpha value is -7.24. The van der Waals surface area contributed by atoms with Crippen molar-refractivity contribution >= 4 is 89.7 Å². The van der Waals surface area contributed by atoms with Gasteiger partial charge in [-0.2, -0.15) is 13.2 Å². The molecule has 0 saturated carbocycles. The average Bonchev–Trinajstić information content (AvgIpc) is 1.56. The molecule has 28 heteroatoms. The summed E-state index contributed by atoms with van der Waals surface area (Å²) in [6.07, 6.45) is 6.55. The fourth-order valence-corrected chi connectivity index (χ4v) is 18.2. The molecule has 2 aliphatic carbocycles. The quantitative estimate of drug-likeness (QED) is 0.0255. The smallest absolute Gasteiger partial charge is 0.494 e. The standard InChI is InChI=1S/C76H96ClF3N10O11S3/c1-50(81-6)70(92)84-65-31-43-101-68-47-75(4,5)69(90(68)73(65)95)72(94)83-63-15-10-12-53-44-58(25-27-62(53)63)100-42-11-16-67(91)89-40-34-86(35-41-89)33-30-56(49-102-59-13-8-7-9-14-59)82-64-28-26-60(45-66(64)103(96,97)76(78,79)80)104(98,99)85-71(93)52-19-23-57(24-20-52)88-38-36-87(37-39-88)48-54-46-74(2,3)32-29-61(54)51-17-21-55(77)22-18-51/h7-9,13-14,17-28,44-45,50,56,63,65,68-69,81-82H,10-12,15-16,29-43,46-49H2,1-6H3,(H,83,94)(H,84,92)(H,85,93)/t50-,56+,63+,65-,68-,69+/m0/s1. The van der Waals surface area contributed by atoms with Crippen LogP contribution in [0.15, 0.2) is 136 Å². The molecule has 0 bridgehead atoms. The number of nitrogens with zero attached hydrogens (tertiary/aromatic N) is 5. The molecule has 104 heavy (non-hydrogen) atoms. The van der Waals surface area contributed by atoms with E-state index in [1.165, 1.54) is 45.5 Å². The van der Waals surface area contributed by atoms with Crippen LogP contribution in [0.2, 0.25) is 5.02 Å². The van der Waals surface area contributed by atoms with E-state index in [1.54, 1.807) is 31.0 Å². The van der Waals surface area contributed by atoms with Gasteiger partial charge in [0.05, 0.1) is 35.9 Å². The van der Waals surface area contributed by atoms with Gasteiger partial charge in [0, 0.05) is 111 Å². The topological polar surface area (TPSA) is 248 Å². The van der Waals surface area contributed by atoms with Gasteiger partial charge >= 0.3 is 5.51 Å². The fraction of sp³-hybridized carbons (Fsp3) is 0.513. The van der Waals surface area contributed by atoms with Gasteiger partial charge in [-0.05, 0) is 184 Å². The van der Waals surface area contributed by atoms with Crippen molar-refractivity contribution < 1.29 is 63.5 Å². The van der Waals surface area contributed by atoms with Crippen molar-refractivity contribution in [1.29, 1.82) is 0 Å². The fourth-order valence-electron chi connectivity index (χ4n) is 15.0. The lowest BCUT2D eigenvalue weighted by atomic mass is 9.73. The predicted molar refractivity (Wildman–Crippen MR) is 396 cm³/mol. The van der Waals surface area contributed by atoms with Crippen LogP contribution in [0.5, 0.6) is 5.75 Å². The summed E-state index contributed by atoms with van der Waals surface area (Å²) in [5.41, 5.74) is 0.0844. The Kier molecular flexibility index (Phi) is 24.9. The summed E-state index contributed by atoms with van der Waals surface area (Å²) in [6, 6.07) is 28.7. The van der Waals surface area contributed by atoms with E-state index < -0.39 is 82.6 Å². The zero-order valence-corrected chi connectivity index (χ0v) is 63.1. The molecule has 0 radical (unpaired) electrons. The van der Waals surface area contributed by atoms with Crippen molar-refractivity contribution in [2.75, 3.05) is 102 Å². The van der Waals surface area contributed by atoms with Crippen LogP contribution in [-0.2, 0) is 50.2 Å². The van der Waals surface area contributed by atoms with Crippen LogP contribution in [0.25, 0.3) is 5.57 Å². The van der Waals surface area contributed by atoms with E-state index in [1.807, 2.05) is 79.2 Å². The number of piperazine rings is 2. The van der Waals surface area contributed by atoms with Crippen molar-refractivity contribution in [3.05, 3.63) is 148 Å². The first kappa shape index (κ1) is 77.8. The zero-order valence-electron chi connectivity index (χ0n) is 59.9. The van der Waals surface area contributed by atoms with Crippen LogP contribution in [0.1, 0.15) is 132 Å². The normalized spacial score (nSPS) is 21.6. The molecule has 0 unspecified atom stereocenters. The van der Waals surface area contributed by atoms with Gasteiger partial charge in [-0.1, -0.05) is 81.3 Å². The number of allylic oxidation sites excluding steroid dienone is 1. The van der Waals surface area contributed by atoms with E-state index >= 15 is 0 Å². The first-order valence-electron chi connectivity index (χ1n) is 35.9. The lowest BCUT2D eigenvalue weighted by Crippen LogP contribution is -2.58. The molecule has 5 aromatic carbocycles.